The van der Waals surface area contributed by atoms with Crippen LogP contribution < -0.4 is 5.73 Å². The average molecular weight is 364 g/mol. The minimum atomic E-state index is -0.0573. The topological polar surface area (TPSA) is 63.4 Å². The van der Waals surface area contributed by atoms with E-state index in [1.165, 1.54) is 11.1 Å². The van der Waals surface area contributed by atoms with E-state index in [-0.39, 0.29) is 36.5 Å². The number of hydrogen-bond acceptors (Lipinski definition) is 3. The first-order valence-electron chi connectivity index (χ1n) is 9.79. The van der Waals surface area contributed by atoms with Crippen LogP contribution in [-0.2, 0) is 11.2 Å². The zero-order chi connectivity index (χ0) is 19.2. The molecule has 0 radical (unpaired) electrons. The first-order valence-corrected chi connectivity index (χ1v) is 9.79. The van der Waals surface area contributed by atoms with Crippen molar-refractivity contribution in [3.63, 3.8) is 0 Å². The molecule has 1 amide bonds. The second-order valence-corrected chi connectivity index (χ2v) is 7.35. The van der Waals surface area contributed by atoms with Crippen LogP contribution in [0.2, 0.25) is 0 Å². The highest BCUT2D eigenvalue weighted by Crippen LogP contribution is 2.27. The molecule has 0 spiro atoms. The molecule has 0 saturated carbocycles. The van der Waals surface area contributed by atoms with Gasteiger partial charge in [-0.15, -0.1) is 0 Å². The van der Waals surface area contributed by atoms with Crippen LogP contribution in [-0.4, -0.2) is 35.7 Å². The van der Waals surface area contributed by atoms with Crippen molar-refractivity contribution in [2.75, 3.05) is 13.1 Å². The van der Waals surface area contributed by atoms with Crippen LogP contribution >= 0.6 is 0 Å². The first-order chi connectivity index (χ1) is 13.1. The highest BCUT2D eigenvalue weighted by atomic mass is 16.2. The van der Waals surface area contributed by atoms with Crippen molar-refractivity contribution in [1.82, 2.24) is 4.90 Å². The summed E-state index contributed by atoms with van der Waals surface area (Å²) in [6.45, 7) is 3.32. The van der Waals surface area contributed by atoms with Gasteiger partial charge in [-0.1, -0.05) is 67.9 Å². The van der Waals surface area contributed by atoms with Crippen LogP contribution in [0.5, 0.6) is 0 Å². The van der Waals surface area contributed by atoms with Crippen molar-refractivity contribution in [2.24, 2.45) is 5.73 Å². The number of hydrogen-bond donors (Lipinski definition) is 1. The van der Waals surface area contributed by atoms with Gasteiger partial charge in [-0.3, -0.25) is 9.59 Å². The second-order valence-electron chi connectivity index (χ2n) is 7.35. The Morgan fingerprint density at radius 3 is 2.37 bits per heavy atom. The van der Waals surface area contributed by atoms with Gasteiger partial charge in [0.25, 0.3) is 0 Å². The molecule has 142 valence electrons. The molecule has 1 aliphatic rings. The number of carbonyl (C=O) groups excluding carboxylic acids is 2. The molecule has 1 heterocycles. The normalized spacial score (nSPS) is 19.3. The number of Topliss-reactive ketones (excluding diaryl/α,β-unsaturated/α-hetero) is 1. The van der Waals surface area contributed by atoms with Gasteiger partial charge in [0.1, 0.15) is 0 Å². The molecule has 3 rings (SSSR count). The van der Waals surface area contributed by atoms with Gasteiger partial charge in [0.05, 0.1) is 0 Å². The number of nitrogens with two attached hydrogens (primary N) is 1. The summed E-state index contributed by atoms with van der Waals surface area (Å²) in [5, 5.41) is 0. The molecule has 4 heteroatoms. The summed E-state index contributed by atoms with van der Waals surface area (Å²) in [5.41, 5.74) is 9.36. The first kappa shape index (κ1) is 19.3. The van der Waals surface area contributed by atoms with Crippen molar-refractivity contribution in [3.8, 4) is 0 Å². The van der Waals surface area contributed by atoms with Gasteiger partial charge in [0, 0.05) is 43.5 Å². The maximum atomic E-state index is 12.6. The molecule has 0 bridgehead atoms. The number of amides is 1. The van der Waals surface area contributed by atoms with Gasteiger partial charge in [-0.05, 0) is 17.5 Å². The molecule has 2 N–H and O–H groups in total. The average Bonchev–Trinajstić information content (AvgIpc) is 3.09. The van der Waals surface area contributed by atoms with Gasteiger partial charge in [0.15, 0.2) is 5.78 Å². The molecule has 0 unspecified atom stereocenters. The summed E-state index contributed by atoms with van der Waals surface area (Å²) >= 11 is 0. The van der Waals surface area contributed by atoms with Crippen LogP contribution in [0.1, 0.15) is 53.6 Å². The third-order valence-electron chi connectivity index (χ3n) is 5.33. The van der Waals surface area contributed by atoms with E-state index in [1.807, 2.05) is 42.5 Å². The Kier molecular flexibility index (Phi) is 6.40. The third kappa shape index (κ3) is 4.83. The summed E-state index contributed by atoms with van der Waals surface area (Å²) in [6.07, 6.45) is 2.59. The minimum absolute atomic E-state index is 0.0137. The summed E-state index contributed by atoms with van der Waals surface area (Å²) in [6, 6.07) is 17.8. The Hall–Kier alpha value is -2.46. The fourth-order valence-corrected chi connectivity index (χ4v) is 3.75. The Bertz CT molecular complexity index is 771. The summed E-state index contributed by atoms with van der Waals surface area (Å²) in [7, 11) is 0. The van der Waals surface area contributed by atoms with E-state index in [4.69, 9.17) is 5.73 Å². The molecule has 0 aliphatic carbocycles. The molecule has 1 aliphatic heterocycles. The zero-order valence-electron chi connectivity index (χ0n) is 15.9. The lowest BCUT2D eigenvalue weighted by molar-refractivity contribution is -0.130. The lowest BCUT2D eigenvalue weighted by atomic mass is 9.95. The van der Waals surface area contributed by atoms with E-state index in [0.29, 0.717) is 18.7 Å². The van der Waals surface area contributed by atoms with Crippen LogP contribution in [0.15, 0.2) is 54.6 Å². The monoisotopic (exact) mass is 364 g/mol. The smallest absolute Gasteiger partial charge is 0.223 e. The number of nitrogens with zero attached hydrogens (tertiary/aromatic N) is 1. The largest absolute Gasteiger partial charge is 0.340 e. The summed E-state index contributed by atoms with van der Waals surface area (Å²) in [5.74, 6) is 0.200. The molecule has 2 aromatic carbocycles. The zero-order valence-corrected chi connectivity index (χ0v) is 15.9. The number of aryl methyl sites for hydroxylation is 1. The quantitative estimate of drug-likeness (QED) is 0.764. The van der Waals surface area contributed by atoms with Gasteiger partial charge in [-0.25, -0.2) is 0 Å². The molecule has 27 heavy (non-hydrogen) atoms. The number of ketones is 1. The third-order valence-corrected chi connectivity index (χ3v) is 5.33. The van der Waals surface area contributed by atoms with E-state index < -0.39 is 0 Å². The predicted molar refractivity (Wildman–Crippen MR) is 108 cm³/mol. The predicted octanol–water partition coefficient (Wildman–Crippen LogP) is 3.56. The van der Waals surface area contributed by atoms with Gasteiger partial charge < -0.3 is 10.6 Å². The highest BCUT2D eigenvalue weighted by molar-refractivity contribution is 5.98. The fraction of sp³-hybridized carbons (Fsp3) is 0.391. The standard InChI is InChI=1S/C23H28N2O2/c1-2-6-17-9-11-19(12-10-17)22(26)13-14-23(27)25-15-20(21(24)16-25)18-7-4-3-5-8-18/h3-5,7-12,20-21H,2,6,13-16,24H2,1H3/t20-,21+/m0/s1. The number of likely N-dealkylation sites (tertiary alicyclic amines) is 1. The Morgan fingerprint density at radius 1 is 1.00 bits per heavy atom. The van der Waals surface area contributed by atoms with E-state index in [0.717, 1.165) is 12.8 Å². The van der Waals surface area contributed by atoms with E-state index in [9.17, 15) is 9.59 Å². The number of benzene rings is 2. The van der Waals surface area contributed by atoms with Crippen molar-refractivity contribution < 1.29 is 9.59 Å². The van der Waals surface area contributed by atoms with Crippen molar-refractivity contribution in [3.05, 3.63) is 71.3 Å². The molecular formula is C23H28N2O2. The van der Waals surface area contributed by atoms with Crippen LogP contribution in [0.25, 0.3) is 0 Å². The maximum Gasteiger partial charge on any atom is 0.223 e. The Labute approximate surface area is 161 Å². The van der Waals surface area contributed by atoms with Crippen LogP contribution in [0.3, 0.4) is 0 Å². The molecule has 2 aromatic rings. The van der Waals surface area contributed by atoms with Gasteiger partial charge in [0.2, 0.25) is 5.91 Å². The molecule has 1 fully saturated rings. The van der Waals surface area contributed by atoms with Crippen LogP contribution in [0, 0.1) is 0 Å². The minimum Gasteiger partial charge on any atom is -0.340 e. The van der Waals surface area contributed by atoms with E-state index >= 15 is 0 Å². The van der Waals surface area contributed by atoms with Crippen LogP contribution in [0.4, 0.5) is 0 Å². The van der Waals surface area contributed by atoms with Gasteiger partial charge >= 0.3 is 0 Å². The highest BCUT2D eigenvalue weighted by Gasteiger charge is 2.33. The molecule has 1 saturated heterocycles. The Morgan fingerprint density at radius 2 is 1.70 bits per heavy atom. The fourth-order valence-electron chi connectivity index (χ4n) is 3.75. The summed E-state index contributed by atoms with van der Waals surface area (Å²) in [4.78, 5) is 26.8. The van der Waals surface area contributed by atoms with Crippen molar-refractivity contribution >= 4 is 11.7 Å². The van der Waals surface area contributed by atoms with Crippen molar-refractivity contribution in [1.29, 1.82) is 0 Å². The molecule has 4 nitrogen and oxygen atoms in total. The number of rotatable bonds is 7. The van der Waals surface area contributed by atoms with Crippen molar-refractivity contribution in [2.45, 2.75) is 44.6 Å². The second kappa shape index (κ2) is 8.96. The molecular weight excluding hydrogens is 336 g/mol. The van der Waals surface area contributed by atoms with E-state index in [1.54, 1.807) is 4.90 Å². The van der Waals surface area contributed by atoms with Gasteiger partial charge in [-0.2, -0.15) is 0 Å². The summed E-state index contributed by atoms with van der Waals surface area (Å²) < 4.78 is 0. The maximum absolute atomic E-state index is 12.6. The molecule has 2 atom stereocenters. The lowest BCUT2D eigenvalue weighted by Gasteiger charge is -2.16. The Balaban J connectivity index is 1.52. The lowest BCUT2D eigenvalue weighted by Crippen LogP contribution is -2.32. The molecule has 0 aromatic heterocycles. The number of carbonyl (C=O) groups is 2. The van der Waals surface area contributed by atoms with E-state index in [2.05, 4.69) is 19.1 Å². The SMILES string of the molecule is CCCc1ccc(C(=O)CCC(=O)N2C[C@@H](N)[C@H](c3ccccc3)C2)cc1.